The van der Waals surface area contributed by atoms with Crippen molar-refractivity contribution >= 4 is 9.84 Å². The SMILES string of the molecule is O=S1(=O)CCC(CNC2CCCC2C2CCCN2)C1. The van der Waals surface area contributed by atoms with E-state index in [4.69, 9.17) is 0 Å². The second kappa shape index (κ2) is 5.70. The molecule has 5 heteroatoms. The average molecular weight is 286 g/mol. The number of hydrogen-bond donors (Lipinski definition) is 2. The molecular formula is C14H26N2O2S. The molecule has 2 heterocycles. The Morgan fingerprint density at radius 3 is 2.68 bits per heavy atom. The molecule has 0 aromatic rings. The summed E-state index contributed by atoms with van der Waals surface area (Å²) in [5.74, 6) is 1.92. The van der Waals surface area contributed by atoms with Crippen molar-refractivity contribution in [2.75, 3.05) is 24.6 Å². The standard InChI is InChI=1S/C14H26N2O2S/c17-19(18)8-6-11(10-19)9-16-14-4-1-3-12(14)13-5-2-7-15-13/h11-16H,1-10H2. The maximum atomic E-state index is 11.5. The zero-order valence-electron chi connectivity index (χ0n) is 11.6. The normalized spacial score (nSPS) is 41.9. The second-order valence-electron chi connectivity index (χ2n) is 6.58. The summed E-state index contributed by atoms with van der Waals surface area (Å²) in [6.07, 6.45) is 7.41. The van der Waals surface area contributed by atoms with Crippen molar-refractivity contribution in [1.29, 1.82) is 0 Å². The zero-order chi connectivity index (χ0) is 13.3. The maximum absolute atomic E-state index is 11.5. The van der Waals surface area contributed by atoms with E-state index in [0.717, 1.165) is 18.9 Å². The van der Waals surface area contributed by atoms with Crippen LogP contribution in [0.15, 0.2) is 0 Å². The topological polar surface area (TPSA) is 58.2 Å². The summed E-state index contributed by atoms with van der Waals surface area (Å²) in [5, 5.41) is 7.32. The lowest BCUT2D eigenvalue weighted by Gasteiger charge is -2.27. The highest BCUT2D eigenvalue weighted by atomic mass is 32.2. The van der Waals surface area contributed by atoms with Crippen LogP contribution in [0.2, 0.25) is 0 Å². The fraction of sp³-hybridized carbons (Fsp3) is 1.00. The van der Waals surface area contributed by atoms with Crippen LogP contribution in [0.4, 0.5) is 0 Å². The van der Waals surface area contributed by atoms with Gasteiger partial charge in [-0.15, -0.1) is 0 Å². The van der Waals surface area contributed by atoms with E-state index >= 15 is 0 Å². The predicted octanol–water partition coefficient (Wildman–Crippen LogP) is 0.931. The van der Waals surface area contributed by atoms with E-state index in [1.807, 2.05) is 0 Å². The van der Waals surface area contributed by atoms with Crippen molar-refractivity contribution in [1.82, 2.24) is 10.6 Å². The second-order valence-corrected chi connectivity index (χ2v) is 8.81. The first-order chi connectivity index (χ1) is 9.14. The van der Waals surface area contributed by atoms with E-state index in [1.165, 1.54) is 38.6 Å². The molecule has 3 fully saturated rings. The minimum atomic E-state index is -2.72. The maximum Gasteiger partial charge on any atom is 0.150 e. The molecule has 3 rings (SSSR count). The molecule has 2 N–H and O–H groups in total. The number of hydrogen-bond acceptors (Lipinski definition) is 4. The molecule has 4 nitrogen and oxygen atoms in total. The molecule has 4 atom stereocenters. The molecule has 0 aromatic heterocycles. The Bertz CT molecular complexity index is 404. The smallest absolute Gasteiger partial charge is 0.150 e. The van der Waals surface area contributed by atoms with Crippen molar-refractivity contribution in [3.63, 3.8) is 0 Å². The molecule has 1 aliphatic carbocycles. The predicted molar refractivity (Wildman–Crippen MR) is 76.9 cm³/mol. The number of nitrogens with one attached hydrogen (secondary N) is 2. The van der Waals surface area contributed by atoms with E-state index in [0.29, 0.717) is 29.5 Å². The van der Waals surface area contributed by atoms with E-state index in [9.17, 15) is 8.42 Å². The van der Waals surface area contributed by atoms with Gasteiger partial charge in [-0.05, 0) is 57.0 Å². The molecule has 2 aliphatic heterocycles. The molecule has 0 spiro atoms. The van der Waals surface area contributed by atoms with Crippen molar-refractivity contribution in [2.45, 2.75) is 50.6 Å². The Kier molecular flexibility index (Phi) is 4.15. The lowest BCUT2D eigenvalue weighted by Crippen LogP contribution is -2.43. The van der Waals surface area contributed by atoms with Gasteiger partial charge in [-0.1, -0.05) is 6.42 Å². The quantitative estimate of drug-likeness (QED) is 0.807. The molecule has 110 valence electrons. The van der Waals surface area contributed by atoms with Crippen LogP contribution < -0.4 is 10.6 Å². The summed E-state index contributed by atoms with van der Waals surface area (Å²) >= 11 is 0. The van der Waals surface area contributed by atoms with Gasteiger partial charge in [0, 0.05) is 12.1 Å². The third-order valence-electron chi connectivity index (χ3n) is 5.18. The van der Waals surface area contributed by atoms with Crippen LogP contribution in [0.3, 0.4) is 0 Å². The molecule has 2 saturated heterocycles. The lowest BCUT2D eigenvalue weighted by molar-refractivity contribution is 0.310. The van der Waals surface area contributed by atoms with Gasteiger partial charge in [0.1, 0.15) is 0 Å². The molecule has 4 unspecified atom stereocenters. The van der Waals surface area contributed by atoms with E-state index < -0.39 is 9.84 Å². The third-order valence-corrected chi connectivity index (χ3v) is 7.02. The summed E-state index contributed by atoms with van der Waals surface area (Å²) < 4.78 is 22.9. The van der Waals surface area contributed by atoms with Crippen LogP contribution >= 0.6 is 0 Å². The Balaban J connectivity index is 1.49. The molecule has 0 aromatic carbocycles. The highest BCUT2D eigenvalue weighted by molar-refractivity contribution is 7.91. The van der Waals surface area contributed by atoms with Crippen LogP contribution in [-0.4, -0.2) is 45.1 Å². The van der Waals surface area contributed by atoms with E-state index in [1.54, 1.807) is 0 Å². The Hall–Kier alpha value is -0.130. The molecule has 0 amide bonds. The van der Waals surface area contributed by atoms with Gasteiger partial charge in [-0.25, -0.2) is 8.42 Å². The number of rotatable bonds is 4. The fourth-order valence-electron chi connectivity index (χ4n) is 4.15. The lowest BCUT2D eigenvalue weighted by atomic mass is 9.92. The summed E-state index contributed by atoms with van der Waals surface area (Å²) in [6, 6.07) is 1.31. The minimum absolute atomic E-state index is 0.350. The molecule has 19 heavy (non-hydrogen) atoms. The summed E-state index contributed by atoms with van der Waals surface area (Å²) in [5.41, 5.74) is 0. The molecule has 0 bridgehead atoms. The molecule has 3 aliphatic rings. The largest absolute Gasteiger partial charge is 0.314 e. The van der Waals surface area contributed by atoms with Gasteiger partial charge in [-0.3, -0.25) is 0 Å². The molecule has 0 radical (unpaired) electrons. The Morgan fingerprint density at radius 2 is 2.00 bits per heavy atom. The molecular weight excluding hydrogens is 260 g/mol. The van der Waals surface area contributed by atoms with Crippen LogP contribution in [0, 0.1) is 11.8 Å². The highest BCUT2D eigenvalue weighted by Gasteiger charge is 2.35. The molecule has 1 saturated carbocycles. The zero-order valence-corrected chi connectivity index (χ0v) is 12.4. The van der Waals surface area contributed by atoms with Gasteiger partial charge in [0.05, 0.1) is 11.5 Å². The van der Waals surface area contributed by atoms with Gasteiger partial charge < -0.3 is 10.6 Å². The third kappa shape index (κ3) is 3.31. The van der Waals surface area contributed by atoms with Crippen LogP contribution in [-0.2, 0) is 9.84 Å². The summed E-state index contributed by atoms with van der Waals surface area (Å²) in [7, 11) is -2.72. The average Bonchev–Trinajstić information content (AvgIpc) is 3.04. The first-order valence-electron chi connectivity index (χ1n) is 7.81. The van der Waals surface area contributed by atoms with Crippen molar-refractivity contribution < 1.29 is 8.42 Å². The minimum Gasteiger partial charge on any atom is -0.314 e. The van der Waals surface area contributed by atoms with Gasteiger partial charge in [0.15, 0.2) is 9.84 Å². The van der Waals surface area contributed by atoms with Gasteiger partial charge >= 0.3 is 0 Å². The fourth-order valence-corrected chi connectivity index (χ4v) is 6.01. The van der Waals surface area contributed by atoms with Crippen LogP contribution in [0.5, 0.6) is 0 Å². The highest BCUT2D eigenvalue weighted by Crippen LogP contribution is 2.32. The van der Waals surface area contributed by atoms with E-state index in [2.05, 4.69) is 10.6 Å². The Morgan fingerprint density at radius 1 is 1.11 bits per heavy atom. The van der Waals surface area contributed by atoms with Crippen LogP contribution in [0.25, 0.3) is 0 Å². The van der Waals surface area contributed by atoms with Crippen molar-refractivity contribution in [2.24, 2.45) is 11.8 Å². The number of sulfone groups is 1. The Labute approximate surface area is 116 Å². The van der Waals surface area contributed by atoms with Gasteiger partial charge in [0.25, 0.3) is 0 Å². The first-order valence-corrected chi connectivity index (χ1v) is 9.63. The summed E-state index contributed by atoms with van der Waals surface area (Å²) in [4.78, 5) is 0. The monoisotopic (exact) mass is 286 g/mol. The first kappa shape index (κ1) is 13.8. The van der Waals surface area contributed by atoms with Crippen LogP contribution in [0.1, 0.15) is 38.5 Å². The van der Waals surface area contributed by atoms with Gasteiger partial charge in [0.2, 0.25) is 0 Å². The van der Waals surface area contributed by atoms with Crippen molar-refractivity contribution in [3.05, 3.63) is 0 Å². The summed E-state index contributed by atoms with van der Waals surface area (Å²) in [6.45, 7) is 2.07. The van der Waals surface area contributed by atoms with Gasteiger partial charge in [-0.2, -0.15) is 0 Å². The van der Waals surface area contributed by atoms with Crippen molar-refractivity contribution in [3.8, 4) is 0 Å². The van der Waals surface area contributed by atoms with E-state index in [-0.39, 0.29) is 0 Å².